The Kier molecular flexibility index (Phi) is 7.86. The summed E-state index contributed by atoms with van der Waals surface area (Å²) >= 11 is 2.33. The van der Waals surface area contributed by atoms with Gasteiger partial charge in [0.1, 0.15) is 0 Å². The summed E-state index contributed by atoms with van der Waals surface area (Å²) in [6, 6.07) is 8.98. The second-order valence-corrected chi connectivity index (χ2v) is 6.32. The Morgan fingerprint density at radius 3 is 2.39 bits per heavy atom. The number of nitrogens with one attached hydrogen (secondary N) is 1. The molecular formula is C15H24INO. The minimum Gasteiger partial charge on any atom is -0.395 e. The highest BCUT2D eigenvalue weighted by Gasteiger charge is 2.09. The highest BCUT2D eigenvalue weighted by atomic mass is 127. The molecule has 2 N–H and O–H groups in total. The van der Waals surface area contributed by atoms with Gasteiger partial charge < -0.3 is 10.4 Å². The second-order valence-electron chi connectivity index (χ2n) is 5.07. The molecule has 2 nitrogen and oxygen atoms in total. The van der Waals surface area contributed by atoms with E-state index in [2.05, 4.69) is 66.0 Å². The molecule has 1 atom stereocenters. The van der Waals surface area contributed by atoms with Gasteiger partial charge in [-0.1, -0.05) is 26.0 Å². The Morgan fingerprint density at radius 2 is 1.83 bits per heavy atom. The summed E-state index contributed by atoms with van der Waals surface area (Å²) in [5.41, 5.74) is 1.41. The van der Waals surface area contributed by atoms with Gasteiger partial charge in [0.05, 0.1) is 6.61 Å². The molecule has 0 bridgehead atoms. The Balaban J connectivity index is 2.13. The van der Waals surface area contributed by atoms with Gasteiger partial charge in [0.25, 0.3) is 0 Å². The fourth-order valence-corrected chi connectivity index (χ4v) is 2.26. The summed E-state index contributed by atoms with van der Waals surface area (Å²) in [5, 5.41) is 12.6. The smallest absolute Gasteiger partial charge is 0.0587 e. The predicted molar refractivity (Wildman–Crippen MR) is 85.8 cm³/mol. The molecule has 0 unspecified atom stereocenters. The zero-order valence-electron chi connectivity index (χ0n) is 11.3. The molecule has 0 radical (unpaired) electrons. The van der Waals surface area contributed by atoms with Crippen molar-refractivity contribution in [3.8, 4) is 0 Å². The number of unbranched alkanes of at least 4 members (excludes halogenated alkanes) is 1. The molecule has 0 saturated carbocycles. The van der Waals surface area contributed by atoms with Crippen LogP contribution in [-0.2, 0) is 6.42 Å². The molecule has 0 spiro atoms. The van der Waals surface area contributed by atoms with Crippen LogP contribution in [0.5, 0.6) is 0 Å². The lowest BCUT2D eigenvalue weighted by molar-refractivity contribution is 0.211. The molecule has 0 saturated heterocycles. The van der Waals surface area contributed by atoms with E-state index in [1.165, 1.54) is 15.6 Å². The molecule has 18 heavy (non-hydrogen) atoms. The number of benzene rings is 1. The van der Waals surface area contributed by atoms with Crippen molar-refractivity contribution in [2.75, 3.05) is 13.2 Å². The number of halogens is 1. The summed E-state index contributed by atoms with van der Waals surface area (Å²) in [4.78, 5) is 0. The Hall–Kier alpha value is -0.130. The van der Waals surface area contributed by atoms with Crippen LogP contribution in [0.1, 0.15) is 32.3 Å². The molecule has 0 aromatic heterocycles. The number of rotatable bonds is 8. The minimum absolute atomic E-state index is 0.231. The normalized spacial score (nSPS) is 12.9. The maximum Gasteiger partial charge on any atom is 0.0587 e. The van der Waals surface area contributed by atoms with E-state index in [-0.39, 0.29) is 12.6 Å². The molecule has 0 fully saturated rings. The molecule has 102 valence electrons. The Bertz CT molecular complexity index is 324. The molecule has 0 heterocycles. The molecule has 3 heteroatoms. The SMILES string of the molecule is CC(C)[C@@H](CO)NCCCCc1ccc(I)cc1. The van der Waals surface area contributed by atoms with E-state index in [4.69, 9.17) is 0 Å². The maximum atomic E-state index is 9.19. The Labute approximate surface area is 124 Å². The fourth-order valence-electron chi connectivity index (χ4n) is 1.90. The average molecular weight is 361 g/mol. The van der Waals surface area contributed by atoms with E-state index in [1.54, 1.807) is 0 Å². The lowest BCUT2D eigenvalue weighted by Crippen LogP contribution is -2.37. The molecule has 1 rings (SSSR count). The van der Waals surface area contributed by atoms with E-state index >= 15 is 0 Å². The fraction of sp³-hybridized carbons (Fsp3) is 0.600. The van der Waals surface area contributed by atoms with Crippen molar-refractivity contribution < 1.29 is 5.11 Å². The van der Waals surface area contributed by atoms with Crippen LogP contribution in [0.3, 0.4) is 0 Å². The van der Waals surface area contributed by atoms with Gasteiger partial charge in [0.15, 0.2) is 0 Å². The third kappa shape index (κ3) is 6.16. The zero-order chi connectivity index (χ0) is 13.4. The van der Waals surface area contributed by atoms with Crippen molar-refractivity contribution >= 4 is 22.6 Å². The van der Waals surface area contributed by atoms with Crippen LogP contribution in [0, 0.1) is 9.49 Å². The third-order valence-corrected chi connectivity index (χ3v) is 3.93. The third-order valence-electron chi connectivity index (χ3n) is 3.21. The summed E-state index contributed by atoms with van der Waals surface area (Å²) in [5.74, 6) is 0.492. The van der Waals surface area contributed by atoms with Gasteiger partial charge in [-0.05, 0) is 72.0 Å². The van der Waals surface area contributed by atoms with Crippen LogP contribution in [0.4, 0.5) is 0 Å². The molecule has 0 aliphatic heterocycles. The lowest BCUT2D eigenvalue weighted by Gasteiger charge is -2.19. The largest absolute Gasteiger partial charge is 0.395 e. The zero-order valence-corrected chi connectivity index (χ0v) is 13.5. The van der Waals surface area contributed by atoms with Gasteiger partial charge in [0, 0.05) is 9.61 Å². The van der Waals surface area contributed by atoms with E-state index in [0.717, 1.165) is 19.4 Å². The summed E-state index contributed by atoms with van der Waals surface area (Å²) in [7, 11) is 0. The van der Waals surface area contributed by atoms with Gasteiger partial charge in [-0.15, -0.1) is 0 Å². The molecule has 1 aromatic rings. The quantitative estimate of drug-likeness (QED) is 0.551. The first-order chi connectivity index (χ1) is 8.63. The summed E-state index contributed by atoms with van der Waals surface area (Å²) in [6.45, 7) is 5.50. The molecule has 0 amide bonds. The number of aryl methyl sites for hydroxylation is 1. The van der Waals surface area contributed by atoms with Gasteiger partial charge in [0.2, 0.25) is 0 Å². The molecule has 0 aliphatic rings. The first kappa shape index (κ1) is 15.9. The van der Waals surface area contributed by atoms with Crippen LogP contribution in [0.15, 0.2) is 24.3 Å². The van der Waals surface area contributed by atoms with Gasteiger partial charge in [-0.25, -0.2) is 0 Å². The van der Waals surface area contributed by atoms with E-state index in [1.807, 2.05) is 0 Å². The number of aliphatic hydroxyl groups is 1. The predicted octanol–water partition coefficient (Wildman–Crippen LogP) is 3.22. The number of aliphatic hydroxyl groups excluding tert-OH is 1. The first-order valence-corrected chi connectivity index (χ1v) is 7.80. The minimum atomic E-state index is 0.231. The van der Waals surface area contributed by atoms with E-state index in [9.17, 15) is 5.11 Å². The molecule has 1 aromatic carbocycles. The average Bonchev–Trinajstić information content (AvgIpc) is 2.35. The monoisotopic (exact) mass is 361 g/mol. The summed E-state index contributed by atoms with van der Waals surface area (Å²) in [6.07, 6.45) is 3.50. The summed E-state index contributed by atoms with van der Waals surface area (Å²) < 4.78 is 1.29. The standard InChI is InChI=1S/C15H24INO/c1-12(2)15(11-18)17-10-4-3-5-13-6-8-14(16)9-7-13/h6-9,12,15,17-18H,3-5,10-11H2,1-2H3/t15-/m1/s1. The second kappa shape index (κ2) is 8.88. The van der Waals surface area contributed by atoms with Crippen LogP contribution in [-0.4, -0.2) is 24.3 Å². The van der Waals surface area contributed by atoms with Gasteiger partial charge in [-0.3, -0.25) is 0 Å². The van der Waals surface area contributed by atoms with E-state index < -0.39 is 0 Å². The van der Waals surface area contributed by atoms with Crippen molar-refractivity contribution in [3.63, 3.8) is 0 Å². The first-order valence-electron chi connectivity index (χ1n) is 6.72. The van der Waals surface area contributed by atoms with Crippen molar-refractivity contribution in [1.29, 1.82) is 0 Å². The van der Waals surface area contributed by atoms with Crippen molar-refractivity contribution in [2.24, 2.45) is 5.92 Å². The lowest BCUT2D eigenvalue weighted by atomic mass is 10.0. The van der Waals surface area contributed by atoms with Crippen molar-refractivity contribution in [1.82, 2.24) is 5.32 Å². The molecular weight excluding hydrogens is 337 g/mol. The maximum absolute atomic E-state index is 9.19. The van der Waals surface area contributed by atoms with Crippen molar-refractivity contribution in [2.45, 2.75) is 39.2 Å². The van der Waals surface area contributed by atoms with Crippen LogP contribution in [0.2, 0.25) is 0 Å². The molecule has 0 aliphatic carbocycles. The highest BCUT2D eigenvalue weighted by molar-refractivity contribution is 14.1. The number of hydrogen-bond acceptors (Lipinski definition) is 2. The van der Waals surface area contributed by atoms with E-state index in [0.29, 0.717) is 5.92 Å². The van der Waals surface area contributed by atoms with Crippen LogP contribution in [0.25, 0.3) is 0 Å². The topological polar surface area (TPSA) is 32.3 Å². The Morgan fingerprint density at radius 1 is 1.17 bits per heavy atom. The highest BCUT2D eigenvalue weighted by Crippen LogP contribution is 2.09. The van der Waals surface area contributed by atoms with Crippen LogP contribution >= 0.6 is 22.6 Å². The van der Waals surface area contributed by atoms with Crippen molar-refractivity contribution in [3.05, 3.63) is 33.4 Å². The van der Waals surface area contributed by atoms with Crippen LogP contribution < -0.4 is 5.32 Å². The van der Waals surface area contributed by atoms with Gasteiger partial charge >= 0.3 is 0 Å². The number of hydrogen-bond donors (Lipinski definition) is 2. The van der Waals surface area contributed by atoms with Gasteiger partial charge in [-0.2, -0.15) is 0 Å².